The molecule has 0 saturated carbocycles. The number of nitrogens with two attached hydrogens (primary N) is 1. The first kappa shape index (κ1) is 13.3. The molecule has 0 radical (unpaired) electrons. The summed E-state index contributed by atoms with van der Waals surface area (Å²) in [7, 11) is 0. The Kier molecular flexibility index (Phi) is 9.47. The molecule has 1 atom stereocenters. The third-order valence-electron chi connectivity index (χ3n) is 1.49. The van der Waals surface area contributed by atoms with Crippen molar-refractivity contribution in [1.29, 1.82) is 0 Å². The van der Waals surface area contributed by atoms with Gasteiger partial charge in [-0.05, 0) is 19.3 Å². The SMILES string of the molecule is CCC(N)CCCC(=O)O.Cl. The van der Waals surface area contributed by atoms with Crippen LogP contribution in [0.25, 0.3) is 0 Å². The molecular formula is C7H16ClNO2. The summed E-state index contributed by atoms with van der Waals surface area (Å²) in [4.78, 5) is 10.0. The molecule has 0 spiro atoms. The van der Waals surface area contributed by atoms with Crippen LogP contribution >= 0.6 is 12.4 Å². The van der Waals surface area contributed by atoms with Crippen molar-refractivity contribution in [3.05, 3.63) is 0 Å². The highest BCUT2D eigenvalue weighted by atomic mass is 35.5. The lowest BCUT2D eigenvalue weighted by Gasteiger charge is -2.05. The van der Waals surface area contributed by atoms with Crippen molar-refractivity contribution in [2.45, 2.75) is 38.6 Å². The van der Waals surface area contributed by atoms with Crippen LogP contribution in [0.2, 0.25) is 0 Å². The van der Waals surface area contributed by atoms with Crippen LogP contribution in [0.1, 0.15) is 32.6 Å². The molecule has 0 aromatic heterocycles. The van der Waals surface area contributed by atoms with E-state index in [-0.39, 0.29) is 24.9 Å². The average Bonchev–Trinajstić information content (AvgIpc) is 1.87. The molecule has 0 amide bonds. The van der Waals surface area contributed by atoms with Crippen LogP contribution in [-0.4, -0.2) is 17.1 Å². The molecule has 0 rings (SSSR count). The molecule has 0 aromatic rings. The molecule has 0 bridgehead atoms. The molecular weight excluding hydrogens is 166 g/mol. The summed E-state index contributed by atoms with van der Waals surface area (Å²) in [6, 6.07) is 0.180. The van der Waals surface area contributed by atoms with Gasteiger partial charge in [0, 0.05) is 12.5 Å². The fourth-order valence-electron chi connectivity index (χ4n) is 0.720. The highest BCUT2D eigenvalue weighted by Crippen LogP contribution is 2.00. The summed E-state index contributed by atoms with van der Waals surface area (Å²) >= 11 is 0. The third-order valence-corrected chi connectivity index (χ3v) is 1.49. The molecule has 68 valence electrons. The van der Waals surface area contributed by atoms with E-state index in [1.54, 1.807) is 0 Å². The summed E-state index contributed by atoms with van der Waals surface area (Å²) < 4.78 is 0. The average molecular weight is 182 g/mol. The number of halogens is 1. The Balaban J connectivity index is 0. The Hall–Kier alpha value is -0.280. The van der Waals surface area contributed by atoms with Crippen molar-refractivity contribution >= 4 is 18.4 Å². The van der Waals surface area contributed by atoms with Gasteiger partial charge in [0.1, 0.15) is 0 Å². The first-order chi connectivity index (χ1) is 4.66. The van der Waals surface area contributed by atoms with Crippen molar-refractivity contribution in [1.82, 2.24) is 0 Å². The maximum atomic E-state index is 10.0. The Morgan fingerprint density at radius 1 is 1.64 bits per heavy atom. The number of carboxylic acid groups (broad SMARTS) is 1. The van der Waals surface area contributed by atoms with Crippen molar-refractivity contribution in [2.75, 3.05) is 0 Å². The number of hydrogen-bond acceptors (Lipinski definition) is 2. The summed E-state index contributed by atoms with van der Waals surface area (Å²) in [5, 5.41) is 8.26. The zero-order valence-electron chi connectivity index (χ0n) is 6.75. The van der Waals surface area contributed by atoms with Gasteiger partial charge in [0.25, 0.3) is 0 Å². The Labute approximate surface area is 73.4 Å². The highest BCUT2D eigenvalue weighted by Gasteiger charge is 2.00. The summed E-state index contributed by atoms with van der Waals surface area (Å²) in [5.41, 5.74) is 5.57. The van der Waals surface area contributed by atoms with Crippen LogP contribution in [0.5, 0.6) is 0 Å². The van der Waals surface area contributed by atoms with Gasteiger partial charge in [-0.25, -0.2) is 0 Å². The zero-order chi connectivity index (χ0) is 7.98. The minimum absolute atomic E-state index is 0. The molecule has 0 saturated heterocycles. The van der Waals surface area contributed by atoms with Crippen molar-refractivity contribution in [3.8, 4) is 0 Å². The second-order valence-electron chi connectivity index (χ2n) is 2.45. The quantitative estimate of drug-likeness (QED) is 0.674. The zero-order valence-corrected chi connectivity index (χ0v) is 7.56. The number of rotatable bonds is 5. The highest BCUT2D eigenvalue weighted by molar-refractivity contribution is 5.85. The Morgan fingerprint density at radius 3 is 2.55 bits per heavy atom. The van der Waals surface area contributed by atoms with Gasteiger partial charge in [-0.2, -0.15) is 0 Å². The standard InChI is InChI=1S/C7H15NO2.ClH/c1-2-6(8)4-3-5-7(9)10;/h6H,2-5,8H2,1H3,(H,9,10);1H. The normalized spacial score (nSPS) is 11.8. The van der Waals surface area contributed by atoms with Gasteiger partial charge in [0.15, 0.2) is 0 Å². The molecule has 1 unspecified atom stereocenters. The molecule has 3 N–H and O–H groups in total. The van der Waals surface area contributed by atoms with Gasteiger partial charge in [0.2, 0.25) is 0 Å². The lowest BCUT2D eigenvalue weighted by atomic mass is 10.1. The molecule has 0 aliphatic rings. The second-order valence-corrected chi connectivity index (χ2v) is 2.45. The van der Waals surface area contributed by atoms with E-state index in [1.807, 2.05) is 6.92 Å². The van der Waals surface area contributed by atoms with Crippen LogP contribution in [0.3, 0.4) is 0 Å². The van der Waals surface area contributed by atoms with Crippen LogP contribution < -0.4 is 5.73 Å². The van der Waals surface area contributed by atoms with Gasteiger partial charge in [-0.1, -0.05) is 6.92 Å². The van der Waals surface area contributed by atoms with E-state index in [4.69, 9.17) is 10.8 Å². The fourth-order valence-corrected chi connectivity index (χ4v) is 0.720. The number of carboxylic acids is 1. The predicted octanol–water partition coefficient (Wildman–Crippen LogP) is 1.40. The molecule has 0 aliphatic heterocycles. The Morgan fingerprint density at radius 2 is 2.18 bits per heavy atom. The molecule has 4 heteroatoms. The molecule has 11 heavy (non-hydrogen) atoms. The van der Waals surface area contributed by atoms with E-state index >= 15 is 0 Å². The summed E-state index contributed by atoms with van der Waals surface area (Å²) in [6.45, 7) is 2.01. The maximum absolute atomic E-state index is 10.0. The molecule has 0 heterocycles. The first-order valence-corrected chi connectivity index (χ1v) is 3.64. The number of hydrogen-bond donors (Lipinski definition) is 2. The number of carbonyl (C=O) groups is 1. The van der Waals surface area contributed by atoms with Gasteiger partial charge in [-0.3, -0.25) is 4.79 Å². The van der Waals surface area contributed by atoms with E-state index in [9.17, 15) is 4.79 Å². The first-order valence-electron chi connectivity index (χ1n) is 3.64. The lowest BCUT2D eigenvalue weighted by molar-refractivity contribution is -0.137. The van der Waals surface area contributed by atoms with Gasteiger partial charge < -0.3 is 10.8 Å². The second kappa shape index (κ2) is 7.82. The largest absolute Gasteiger partial charge is 0.481 e. The molecule has 0 aliphatic carbocycles. The fraction of sp³-hybridized carbons (Fsp3) is 0.857. The van der Waals surface area contributed by atoms with E-state index in [1.165, 1.54) is 0 Å². The van der Waals surface area contributed by atoms with E-state index in [2.05, 4.69) is 0 Å². The summed E-state index contributed by atoms with van der Waals surface area (Å²) in [5.74, 6) is -0.733. The smallest absolute Gasteiger partial charge is 0.303 e. The minimum atomic E-state index is -0.733. The Bertz CT molecular complexity index is 109. The van der Waals surface area contributed by atoms with Gasteiger partial charge >= 0.3 is 5.97 Å². The van der Waals surface area contributed by atoms with E-state index in [0.717, 1.165) is 12.8 Å². The van der Waals surface area contributed by atoms with Crippen LogP contribution in [0, 0.1) is 0 Å². The monoisotopic (exact) mass is 181 g/mol. The molecule has 0 fully saturated rings. The van der Waals surface area contributed by atoms with Gasteiger partial charge in [-0.15, -0.1) is 12.4 Å². The molecule has 0 aromatic carbocycles. The topological polar surface area (TPSA) is 63.3 Å². The van der Waals surface area contributed by atoms with Crippen molar-refractivity contribution < 1.29 is 9.90 Å². The van der Waals surface area contributed by atoms with E-state index < -0.39 is 5.97 Å². The molecule has 3 nitrogen and oxygen atoms in total. The van der Waals surface area contributed by atoms with E-state index in [0.29, 0.717) is 6.42 Å². The predicted molar refractivity (Wildman–Crippen MR) is 47.0 cm³/mol. The lowest BCUT2D eigenvalue weighted by Crippen LogP contribution is -2.18. The summed E-state index contributed by atoms with van der Waals surface area (Å²) in [6.07, 6.45) is 2.69. The number of aliphatic carboxylic acids is 1. The van der Waals surface area contributed by atoms with Crippen LogP contribution in [0.4, 0.5) is 0 Å². The third kappa shape index (κ3) is 9.72. The van der Waals surface area contributed by atoms with Crippen molar-refractivity contribution in [2.24, 2.45) is 5.73 Å². The van der Waals surface area contributed by atoms with Crippen LogP contribution in [0.15, 0.2) is 0 Å². The van der Waals surface area contributed by atoms with Gasteiger partial charge in [0.05, 0.1) is 0 Å². The minimum Gasteiger partial charge on any atom is -0.481 e. The van der Waals surface area contributed by atoms with Crippen LogP contribution in [-0.2, 0) is 4.79 Å². The van der Waals surface area contributed by atoms with Crippen molar-refractivity contribution in [3.63, 3.8) is 0 Å². The maximum Gasteiger partial charge on any atom is 0.303 e.